The molecule has 2 aliphatic carbocycles. The number of benzene rings is 1. The molecule has 3 fully saturated rings. The van der Waals surface area contributed by atoms with Gasteiger partial charge in [-0.15, -0.1) is 0 Å². The van der Waals surface area contributed by atoms with Gasteiger partial charge in [0, 0.05) is 38.5 Å². The van der Waals surface area contributed by atoms with Gasteiger partial charge in [-0.1, -0.05) is 51.1 Å². The number of amides is 2. The predicted molar refractivity (Wildman–Crippen MR) is 161 cm³/mol. The van der Waals surface area contributed by atoms with Gasteiger partial charge < -0.3 is 24.0 Å². The number of rotatable bonds is 10. The molecule has 1 N–H and O–H groups in total. The first-order chi connectivity index (χ1) is 20.2. The van der Waals surface area contributed by atoms with Crippen molar-refractivity contribution in [2.45, 2.75) is 97.6 Å². The summed E-state index contributed by atoms with van der Waals surface area (Å²) >= 11 is 0. The minimum absolute atomic E-state index is 0.00484. The Morgan fingerprint density at radius 2 is 1.65 bits per heavy atom. The molecule has 4 unspecified atom stereocenters. The Kier molecular flexibility index (Phi) is 9.91. The maximum absolute atomic E-state index is 14.0. The largest absolute Gasteiger partial charge is 0.459 e. The molecule has 0 radical (unpaired) electrons. The topological polar surface area (TPSA) is 114 Å². The predicted octanol–water partition coefficient (Wildman–Crippen LogP) is 3.96. The Morgan fingerprint density at radius 3 is 2.26 bits per heavy atom. The van der Waals surface area contributed by atoms with Gasteiger partial charge in [0.05, 0.1) is 18.8 Å². The number of carbonyl (C=O) groups is 4. The Labute approximate surface area is 255 Å². The zero-order chi connectivity index (χ0) is 31.6. The van der Waals surface area contributed by atoms with E-state index >= 15 is 0 Å². The number of ether oxygens (including phenoxy) is 3. The number of nitrogens with zero attached hydrogens (tertiary/aromatic N) is 2. The number of ketones is 1. The Hall–Kier alpha value is -2.98. The van der Waals surface area contributed by atoms with Crippen molar-refractivity contribution in [3.8, 4) is 0 Å². The summed E-state index contributed by atoms with van der Waals surface area (Å²) in [4.78, 5) is 56.9. The maximum Gasteiger partial charge on any atom is 0.409 e. The highest BCUT2D eigenvalue weighted by molar-refractivity contribution is 5.97. The van der Waals surface area contributed by atoms with Crippen molar-refractivity contribution in [2.24, 2.45) is 17.3 Å². The zero-order valence-corrected chi connectivity index (χ0v) is 26.8. The number of fused-ring (bicyclic) bond motifs is 1. The molecule has 43 heavy (non-hydrogen) atoms. The molecule has 1 heterocycles. The van der Waals surface area contributed by atoms with Crippen molar-refractivity contribution >= 4 is 23.8 Å². The van der Waals surface area contributed by atoms with Crippen LogP contribution in [0.1, 0.15) is 73.3 Å². The Bertz CT molecular complexity index is 1170. The van der Waals surface area contributed by atoms with Crippen molar-refractivity contribution in [1.29, 1.82) is 0 Å². The van der Waals surface area contributed by atoms with Crippen LogP contribution in [0.25, 0.3) is 0 Å². The normalized spacial score (nSPS) is 26.3. The van der Waals surface area contributed by atoms with Crippen LogP contribution in [-0.2, 0) is 35.2 Å². The average Bonchev–Trinajstić information content (AvgIpc) is 3.45. The third-order valence-electron chi connectivity index (χ3n) is 9.28. The first-order valence-corrected chi connectivity index (χ1v) is 15.6. The molecule has 0 spiro atoms. The number of hydrogen-bond donors (Lipinski definition) is 1. The van der Waals surface area contributed by atoms with E-state index < -0.39 is 35.3 Å². The third-order valence-corrected chi connectivity index (χ3v) is 9.28. The summed E-state index contributed by atoms with van der Waals surface area (Å²) in [5.41, 5.74) is -1.05. The zero-order valence-electron chi connectivity index (χ0n) is 26.8. The Morgan fingerprint density at radius 1 is 1.02 bits per heavy atom. The summed E-state index contributed by atoms with van der Waals surface area (Å²) in [7, 11) is 0. The smallest absolute Gasteiger partial charge is 0.409 e. The van der Waals surface area contributed by atoms with Crippen molar-refractivity contribution in [1.82, 2.24) is 15.1 Å². The first-order valence-electron chi connectivity index (χ1n) is 15.6. The first kappa shape index (κ1) is 32.9. The maximum atomic E-state index is 14.0. The molecule has 10 nitrogen and oxygen atoms in total. The van der Waals surface area contributed by atoms with Crippen LogP contribution in [0, 0.1) is 17.3 Å². The number of hydrogen-bond acceptors (Lipinski definition) is 8. The molecule has 1 aliphatic heterocycles. The highest BCUT2D eigenvalue weighted by Gasteiger charge is 2.77. The minimum atomic E-state index is -0.979. The van der Waals surface area contributed by atoms with Crippen LogP contribution in [0.5, 0.6) is 0 Å². The third kappa shape index (κ3) is 7.06. The standard InChI is InChI=1S/C33H49N3O7/c1-8-41-30(40)36-18-16-35(17-19-36)28(38)25(42-21-23-12-10-9-11-13-23)20-24(29(39)43-31(3,4)5)34-33-26(32(33,6)7)15-14-22(2)27(33)37/h9-13,22,24-26,34H,8,14-21H2,1-7H3/t22?,24?,25-,26?,33?/m0/s1. The highest BCUT2D eigenvalue weighted by atomic mass is 16.6. The fraction of sp³-hybridized carbons (Fsp3) is 0.697. The average molecular weight is 600 g/mol. The van der Waals surface area contributed by atoms with Crippen LogP contribution in [0.15, 0.2) is 30.3 Å². The molecule has 10 heteroatoms. The van der Waals surface area contributed by atoms with Crippen LogP contribution < -0.4 is 5.32 Å². The molecule has 2 saturated carbocycles. The summed E-state index contributed by atoms with van der Waals surface area (Å²) in [5, 5.41) is 3.48. The number of Topliss-reactive ketones (excluding diaryl/α,β-unsaturated/α-hetero) is 1. The molecule has 0 bridgehead atoms. The van der Waals surface area contributed by atoms with E-state index in [1.54, 1.807) is 37.5 Å². The lowest BCUT2D eigenvalue weighted by molar-refractivity contribution is -0.161. The minimum Gasteiger partial charge on any atom is -0.459 e. The van der Waals surface area contributed by atoms with Gasteiger partial charge in [0.2, 0.25) is 0 Å². The highest BCUT2D eigenvalue weighted by Crippen LogP contribution is 2.67. The number of piperazine rings is 1. The van der Waals surface area contributed by atoms with E-state index in [1.165, 1.54) is 0 Å². The molecule has 2 amide bonds. The fourth-order valence-electron chi connectivity index (χ4n) is 6.85. The van der Waals surface area contributed by atoms with E-state index in [2.05, 4.69) is 19.2 Å². The van der Waals surface area contributed by atoms with Crippen molar-refractivity contribution < 1.29 is 33.4 Å². The molecule has 1 saturated heterocycles. The van der Waals surface area contributed by atoms with E-state index in [-0.39, 0.29) is 48.6 Å². The lowest BCUT2D eigenvalue weighted by Crippen LogP contribution is -2.58. The van der Waals surface area contributed by atoms with Gasteiger partial charge in [0.1, 0.15) is 17.7 Å². The quantitative estimate of drug-likeness (QED) is 0.402. The van der Waals surface area contributed by atoms with Crippen LogP contribution in [0.4, 0.5) is 4.79 Å². The van der Waals surface area contributed by atoms with Gasteiger partial charge in [0.15, 0.2) is 5.78 Å². The van der Waals surface area contributed by atoms with Crippen molar-refractivity contribution in [3.05, 3.63) is 35.9 Å². The second-order valence-electron chi connectivity index (χ2n) is 13.7. The van der Waals surface area contributed by atoms with Crippen LogP contribution in [0.2, 0.25) is 0 Å². The van der Waals surface area contributed by atoms with E-state index in [0.29, 0.717) is 26.2 Å². The summed E-state index contributed by atoms with van der Waals surface area (Å²) < 4.78 is 17.2. The van der Waals surface area contributed by atoms with E-state index in [0.717, 1.165) is 18.4 Å². The van der Waals surface area contributed by atoms with Gasteiger partial charge in [-0.05, 0) is 57.4 Å². The number of carbonyl (C=O) groups excluding carboxylic acids is 4. The second-order valence-corrected chi connectivity index (χ2v) is 13.7. The number of esters is 1. The van der Waals surface area contributed by atoms with Crippen molar-refractivity contribution in [3.63, 3.8) is 0 Å². The molecule has 1 aromatic rings. The summed E-state index contributed by atoms with van der Waals surface area (Å²) in [6.07, 6.45) is 0.350. The SMILES string of the molecule is CCOC(=O)N1CCN(C(=O)[C@H](CC(NC23C(=O)C(C)CCC2C3(C)C)C(=O)OC(C)(C)C)OCc2ccccc2)CC1. The van der Waals surface area contributed by atoms with Crippen LogP contribution in [0.3, 0.4) is 0 Å². The molecular weight excluding hydrogens is 550 g/mol. The van der Waals surface area contributed by atoms with Gasteiger partial charge >= 0.3 is 12.1 Å². The molecule has 3 aliphatic rings. The summed E-state index contributed by atoms with van der Waals surface area (Å²) in [6.45, 7) is 15.0. The molecular formula is C33H49N3O7. The van der Waals surface area contributed by atoms with Gasteiger partial charge in [-0.2, -0.15) is 0 Å². The van der Waals surface area contributed by atoms with Crippen LogP contribution in [-0.4, -0.2) is 89.6 Å². The second kappa shape index (κ2) is 12.9. The molecule has 0 aromatic heterocycles. The molecule has 238 valence electrons. The van der Waals surface area contributed by atoms with E-state index in [4.69, 9.17) is 14.2 Å². The fourth-order valence-corrected chi connectivity index (χ4v) is 6.85. The Balaban J connectivity index is 1.59. The lowest BCUT2D eigenvalue weighted by Gasteiger charge is -2.37. The van der Waals surface area contributed by atoms with Crippen molar-refractivity contribution in [2.75, 3.05) is 32.8 Å². The summed E-state index contributed by atoms with van der Waals surface area (Å²) in [5.74, 6) is -0.674. The van der Waals surface area contributed by atoms with Gasteiger partial charge in [-0.25, -0.2) is 4.79 Å². The van der Waals surface area contributed by atoms with E-state index in [1.807, 2.05) is 37.3 Å². The van der Waals surface area contributed by atoms with Crippen LogP contribution >= 0.6 is 0 Å². The molecule has 1 aromatic carbocycles. The number of nitrogens with one attached hydrogen (secondary N) is 1. The van der Waals surface area contributed by atoms with Gasteiger partial charge in [-0.3, -0.25) is 19.7 Å². The molecule has 4 rings (SSSR count). The summed E-state index contributed by atoms with van der Waals surface area (Å²) in [6, 6.07) is 8.61. The molecule has 5 atom stereocenters. The monoisotopic (exact) mass is 599 g/mol. The lowest BCUT2D eigenvalue weighted by atomic mass is 9.84. The van der Waals surface area contributed by atoms with E-state index in [9.17, 15) is 19.2 Å². The van der Waals surface area contributed by atoms with Gasteiger partial charge in [0.25, 0.3) is 5.91 Å².